The third-order valence-corrected chi connectivity index (χ3v) is 5.30. The molecule has 2 aromatic carbocycles. The van der Waals surface area contributed by atoms with E-state index in [1.165, 1.54) is 46.6 Å². The Balaban J connectivity index is 2.09. The van der Waals surface area contributed by atoms with Gasteiger partial charge in [-0.2, -0.15) is 0 Å². The lowest BCUT2D eigenvalue weighted by atomic mass is 9.83. The zero-order valence-electron chi connectivity index (χ0n) is 19.1. The first kappa shape index (κ1) is 24.3. The number of nitro groups is 1. The van der Waals surface area contributed by atoms with Crippen LogP contribution in [0.5, 0.6) is 11.5 Å². The number of carbonyl (C=O) groups is 2. The Labute approximate surface area is 196 Å². The Kier molecular flexibility index (Phi) is 7.52. The molecule has 34 heavy (non-hydrogen) atoms. The van der Waals surface area contributed by atoms with E-state index in [9.17, 15) is 19.7 Å². The molecule has 0 saturated heterocycles. The highest BCUT2D eigenvalue weighted by Gasteiger charge is 2.36. The number of hydrogen-bond donors (Lipinski definition) is 0. The molecule has 0 N–H and O–H groups in total. The fraction of sp³-hybridized carbons (Fsp3) is 0.250. The van der Waals surface area contributed by atoms with Gasteiger partial charge >= 0.3 is 11.9 Å². The summed E-state index contributed by atoms with van der Waals surface area (Å²) in [6.07, 6.45) is 3.11. The Morgan fingerprint density at radius 3 is 2.06 bits per heavy atom. The van der Waals surface area contributed by atoms with Gasteiger partial charge in [0.25, 0.3) is 5.69 Å². The van der Waals surface area contributed by atoms with Gasteiger partial charge in [-0.3, -0.25) is 10.1 Å². The number of non-ortho nitro benzene ring substituents is 1. The second-order valence-corrected chi connectivity index (χ2v) is 7.30. The van der Waals surface area contributed by atoms with Gasteiger partial charge in [-0.05, 0) is 23.3 Å². The summed E-state index contributed by atoms with van der Waals surface area (Å²) in [5, 5.41) is 11.3. The predicted molar refractivity (Wildman–Crippen MR) is 121 cm³/mol. The van der Waals surface area contributed by atoms with Crippen LogP contribution in [0.2, 0.25) is 0 Å². The summed E-state index contributed by atoms with van der Waals surface area (Å²) in [7, 11) is 5.51. The summed E-state index contributed by atoms with van der Waals surface area (Å²) < 4.78 is 20.5. The zero-order chi connectivity index (χ0) is 24.8. The van der Waals surface area contributed by atoms with E-state index in [0.29, 0.717) is 17.1 Å². The number of rotatable bonds is 8. The summed E-state index contributed by atoms with van der Waals surface area (Å²) in [6, 6.07) is 11.1. The molecule has 0 aliphatic carbocycles. The van der Waals surface area contributed by atoms with E-state index in [-0.39, 0.29) is 23.4 Å². The molecule has 0 saturated carbocycles. The highest BCUT2D eigenvalue weighted by atomic mass is 16.6. The first-order valence-corrected chi connectivity index (χ1v) is 10.1. The van der Waals surface area contributed by atoms with Crippen molar-refractivity contribution in [1.82, 2.24) is 4.90 Å². The van der Waals surface area contributed by atoms with Crippen molar-refractivity contribution in [1.29, 1.82) is 0 Å². The maximum atomic E-state index is 12.7. The minimum Gasteiger partial charge on any atom is -0.493 e. The molecule has 1 aliphatic rings. The second kappa shape index (κ2) is 10.5. The van der Waals surface area contributed by atoms with Crippen LogP contribution >= 0.6 is 0 Å². The average Bonchev–Trinajstić information content (AvgIpc) is 2.87. The van der Waals surface area contributed by atoms with Crippen LogP contribution in [0.1, 0.15) is 17.0 Å². The third-order valence-electron chi connectivity index (χ3n) is 5.30. The normalized spacial score (nSPS) is 13.5. The summed E-state index contributed by atoms with van der Waals surface area (Å²) >= 11 is 0. The molecule has 178 valence electrons. The minimum absolute atomic E-state index is 0.131. The Bertz CT molecular complexity index is 1140. The number of nitrogens with zero attached hydrogens (tertiary/aromatic N) is 2. The average molecular weight is 468 g/mol. The van der Waals surface area contributed by atoms with Gasteiger partial charge in [-0.1, -0.05) is 18.2 Å². The molecule has 10 heteroatoms. The molecule has 3 rings (SSSR count). The number of esters is 2. The van der Waals surface area contributed by atoms with E-state index in [0.717, 1.165) is 5.56 Å². The van der Waals surface area contributed by atoms with Crippen LogP contribution in [0.3, 0.4) is 0 Å². The van der Waals surface area contributed by atoms with Gasteiger partial charge in [-0.15, -0.1) is 0 Å². The highest BCUT2D eigenvalue weighted by molar-refractivity contribution is 5.98. The SMILES string of the molecule is COC(=O)C1=CN(Cc2ccc(OC)c(OC)c2)C=C(C(=O)OC)C1c1cccc([N+](=O)[O-])c1. The third kappa shape index (κ3) is 5.01. The van der Waals surface area contributed by atoms with Crippen molar-refractivity contribution >= 4 is 17.6 Å². The molecule has 0 aromatic heterocycles. The van der Waals surface area contributed by atoms with E-state index in [1.54, 1.807) is 35.5 Å². The smallest absolute Gasteiger partial charge is 0.336 e. The van der Waals surface area contributed by atoms with Gasteiger partial charge in [-0.25, -0.2) is 9.59 Å². The van der Waals surface area contributed by atoms with Crippen molar-refractivity contribution in [3.8, 4) is 11.5 Å². The second-order valence-electron chi connectivity index (χ2n) is 7.30. The first-order valence-electron chi connectivity index (χ1n) is 10.1. The standard InChI is InChI=1S/C24H24N2O8/c1-31-20-9-8-15(10-21(20)32-2)12-25-13-18(23(27)33-3)22(19(14-25)24(28)34-4)16-6-5-7-17(11-16)26(29)30/h5-11,13-14,22H,12H2,1-4H3. The molecule has 0 atom stereocenters. The molecule has 0 spiro atoms. The van der Waals surface area contributed by atoms with Gasteiger partial charge in [0.2, 0.25) is 0 Å². The summed E-state index contributed by atoms with van der Waals surface area (Å²) in [5.74, 6) is -1.18. The van der Waals surface area contributed by atoms with Crippen molar-refractivity contribution in [3.05, 3.63) is 87.3 Å². The molecule has 0 radical (unpaired) electrons. The zero-order valence-corrected chi connectivity index (χ0v) is 19.1. The van der Waals surface area contributed by atoms with E-state index in [2.05, 4.69) is 0 Å². The molecule has 2 aromatic rings. The number of hydrogen-bond acceptors (Lipinski definition) is 9. The van der Waals surface area contributed by atoms with Crippen LogP contribution in [0, 0.1) is 10.1 Å². The number of carbonyl (C=O) groups excluding carboxylic acids is 2. The first-order chi connectivity index (χ1) is 16.3. The van der Waals surface area contributed by atoms with Crippen molar-refractivity contribution in [3.63, 3.8) is 0 Å². The van der Waals surface area contributed by atoms with Crippen molar-refractivity contribution in [2.45, 2.75) is 12.5 Å². The molecule has 0 amide bonds. The lowest BCUT2D eigenvalue weighted by Gasteiger charge is -2.30. The van der Waals surface area contributed by atoms with E-state index < -0.39 is 22.8 Å². The van der Waals surface area contributed by atoms with Crippen LogP contribution in [-0.2, 0) is 25.6 Å². The number of ether oxygens (including phenoxy) is 4. The number of nitro benzene ring substituents is 1. The molecular weight excluding hydrogens is 444 g/mol. The summed E-state index contributed by atoms with van der Waals surface area (Å²) in [6.45, 7) is 0.281. The molecule has 0 bridgehead atoms. The Morgan fingerprint density at radius 1 is 0.912 bits per heavy atom. The van der Waals surface area contributed by atoms with Crippen molar-refractivity contribution < 1.29 is 33.5 Å². The van der Waals surface area contributed by atoms with Crippen LogP contribution in [0.4, 0.5) is 5.69 Å². The Morgan fingerprint density at radius 2 is 1.53 bits per heavy atom. The van der Waals surface area contributed by atoms with E-state index in [1.807, 2.05) is 6.07 Å². The van der Waals surface area contributed by atoms with E-state index >= 15 is 0 Å². The summed E-state index contributed by atoms with van der Waals surface area (Å²) in [4.78, 5) is 37.9. The quantitative estimate of drug-likeness (QED) is 0.327. The predicted octanol–water partition coefficient (Wildman–Crippen LogP) is 3.33. The van der Waals surface area contributed by atoms with Gasteiger partial charge in [0.05, 0.1) is 50.4 Å². The van der Waals surface area contributed by atoms with Gasteiger partial charge in [0.15, 0.2) is 11.5 Å². The topological polar surface area (TPSA) is 117 Å². The monoisotopic (exact) mass is 468 g/mol. The van der Waals surface area contributed by atoms with Crippen LogP contribution in [0.25, 0.3) is 0 Å². The van der Waals surface area contributed by atoms with Crippen LogP contribution in [0.15, 0.2) is 66.0 Å². The lowest BCUT2D eigenvalue weighted by Crippen LogP contribution is -2.28. The van der Waals surface area contributed by atoms with Crippen LogP contribution in [-0.4, -0.2) is 50.2 Å². The number of benzene rings is 2. The largest absolute Gasteiger partial charge is 0.493 e. The van der Waals surface area contributed by atoms with Crippen molar-refractivity contribution in [2.24, 2.45) is 0 Å². The molecule has 1 aliphatic heterocycles. The van der Waals surface area contributed by atoms with Crippen LogP contribution < -0.4 is 9.47 Å². The van der Waals surface area contributed by atoms with Gasteiger partial charge < -0.3 is 23.8 Å². The molecule has 0 fully saturated rings. The van der Waals surface area contributed by atoms with Gasteiger partial charge in [0.1, 0.15) is 0 Å². The number of methoxy groups -OCH3 is 4. The van der Waals surface area contributed by atoms with Gasteiger partial charge in [0, 0.05) is 31.1 Å². The molecular formula is C24H24N2O8. The lowest BCUT2D eigenvalue weighted by molar-refractivity contribution is -0.384. The fourth-order valence-corrected chi connectivity index (χ4v) is 3.75. The van der Waals surface area contributed by atoms with Crippen molar-refractivity contribution in [2.75, 3.05) is 28.4 Å². The maximum Gasteiger partial charge on any atom is 0.336 e. The molecule has 0 unspecified atom stereocenters. The molecule has 1 heterocycles. The Hall–Kier alpha value is -4.34. The maximum absolute atomic E-state index is 12.7. The highest BCUT2D eigenvalue weighted by Crippen LogP contribution is 2.39. The fourth-order valence-electron chi connectivity index (χ4n) is 3.75. The minimum atomic E-state index is -0.915. The van der Waals surface area contributed by atoms with E-state index in [4.69, 9.17) is 18.9 Å². The summed E-state index contributed by atoms with van der Waals surface area (Å²) in [5.41, 5.74) is 1.29. The molecule has 10 nitrogen and oxygen atoms in total.